The Hall–Kier alpha value is -2.14. The van der Waals surface area contributed by atoms with Crippen molar-refractivity contribution in [2.24, 2.45) is 0 Å². The second-order valence-electron chi connectivity index (χ2n) is 6.09. The van der Waals surface area contributed by atoms with Crippen molar-refractivity contribution >= 4 is 33.2 Å². The summed E-state index contributed by atoms with van der Waals surface area (Å²) in [6, 6.07) is 24.5. The van der Waals surface area contributed by atoms with Crippen LogP contribution in [0.15, 0.2) is 72.8 Å². The van der Waals surface area contributed by atoms with Gasteiger partial charge < -0.3 is 0 Å². The fraction of sp³-hybridized carbons (Fsp3) is 0.136. The number of carbonyl (C=O) groups excluding carboxylic acids is 1. The zero-order valence-electron chi connectivity index (χ0n) is 15.3. The third-order valence-corrected chi connectivity index (χ3v) is 6.38. The second-order valence-corrected chi connectivity index (χ2v) is 8.20. The lowest BCUT2D eigenvalue weighted by Gasteiger charge is -2.20. The minimum Gasteiger partial charge on any atom is -0.288 e. The molecule has 0 aliphatic heterocycles. The Morgan fingerprint density at radius 1 is 0.731 bits per heavy atom. The summed E-state index contributed by atoms with van der Waals surface area (Å²) in [7, 11) is 0.0974. The van der Waals surface area contributed by atoms with Gasteiger partial charge in [0.1, 0.15) is 0 Å². The van der Waals surface area contributed by atoms with E-state index in [-0.39, 0.29) is 5.52 Å². The molecule has 4 heteroatoms. The van der Waals surface area contributed by atoms with Crippen LogP contribution in [-0.4, -0.2) is 5.52 Å². The highest BCUT2D eigenvalue weighted by Crippen LogP contribution is 2.39. The third-order valence-electron chi connectivity index (χ3n) is 4.12. The van der Waals surface area contributed by atoms with Crippen LogP contribution < -0.4 is 10.6 Å². The molecule has 1 atom stereocenters. The minimum atomic E-state index is -1.07. The van der Waals surface area contributed by atoms with Gasteiger partial charge in [-0.25, -0.2) is 0 Å². The molecule has 0 aromatic heterocycles. The van der Waals surface area contributed by atoms with E-state index in [4.69, 9.17) is 4.57 Å². The van der Waals surface area contributed by atoms with Gasteiger partial charge >= 0.3 is 9.12 Å². The van der Waals surface area contributed by atoms with E-state index >= 15 is 0 Å². The fourth-order valence-electron chi connectivity index (χ4n) is 3.17. The molecule has 3 aromatic carbocycles. The van der Waals surface area contributed by atoms with Crippen LogP contribution >= 0.6 is 17.0 Å². The molecule has 0 N–H and O–H groups in total. The second kappa shape index (κ2) is 9.53. The van der Waals surface area contributed by atoms with E-state index in [1.807, 2.05) is 50.2 Å². The molecule has 0 heterocycles. The molecule has 0 aliphatic carbocycles. The lowest BCUT2D eigenvalue weighted by Crippen LogP contribution is -2.19. The number of hydrogen-bond acceptors (Lipinski definition) is 2. The normalized spacial score (nSPS) is 10.2. The van der Waals surface area contributed by atoms with E-state index in [0.717, 1.165) is 27.3 Å². The van der Waals surface area contributed by atoms with Crippen molar-refractivity contribution in [2.45, 2.75) is 20.8 Å². The molecule has 0 saturated heterocycles. The Labute approximate surface area is 158 Å². The van der Waals surface area contributed by atoms with Crippen LogP contribution in [0, 0.1) is 20.8 Å². The first-order chi connectivity index (χ1) is 12.6. The zero-order chi connectivity index (χ0) is 19.1. The molecule has 3 rings (SSSR count). The fourth-order valence-corrected chi connectivity index (χ4v) is 5.45. The number of hydrogen-bond donors (Lipinski definition) is 0. The standard InChI is InChI=1S/C22H21OP.H2OP/c1-16-14-17(2)21(18(3)15-16)22(23)24(19-10-6-4-7-11-19)20-12-8-5-9-13-20;1-2/h4-15H,1-3H3;2H2/q;+1. The summed E-state index contributed by atoms with van der Waals surface area (Å²) in [6.45, 7) is 6.15. The number of carbonyl (C=O) groups is 1. The molecule has 2 nitrogen and oxygen atoms in total. The summed E-state index contributed by atoms with van der Waals surface area (Å²) >= 11 is 0. The monoisotopic (exact) mass is 381 g/mol. The van der Waals surface area contributed by atoms with Crippen LogP contribution in [0.25, 0.3) is 0 Å². The lowest BCUT2D eigenvalue weighted by molar-refractivity contribution is 0.108. The van der Waals surface area contributed by atoms with Crippen molar-refractivity contribution in [2.75, 3.05) is 0 Å². The van der Waals surface area contributed by atoms with Gasteiger partial charge in [-0.15, -0.1) is 0 Å². The average molecular weight is 381 g/mol. The van der Waals surface area contributed by atoms with E-state index in [1.165, 1.54) is 14.7 Å². The first kappa shape index (κ1) is 20.2. The Kier molecular flexibility index (Phi) is 7.39. The molecule has 26 heavy (non-hydrogen) atoms. The third kappa shape index (κ3) is 4.52. The molecule has 132 valence electrons. The van der Waals surface area contributed by atoms with Gasteiger partial charge in [-0.1, -0.05) is 82.9 Å². The van der Waals surface area contributed by atoms with Gasteiger partial charge in [0.15, 0.2) is 5.52 Å². The van der Waals surface area contributed by atoms with E-state index in [0.29, 0.717) is 0 Å². The van der Waals surface area contributed by atoms with Gasteiger partial charge in [0.25, 0.3) is 0 Å². The van der Waals surface area contributed by atoms with E-state index in [9.17, 15) is 4.79 Å². The van der Waals surface area contributed by atoms with Crippen molar-refractivity contribution in [3.05, 3.63) is 95.1 Å². The molecule has 3 aromatic rings. The summed E-state index contributed by atoms with van der Waals surface area (Å²) in [4.78, 5) is 13.5. The maximum atomic E-state index is 13.5. The SMILES string of the molecule is Cc1cc(C)c(C(=O)P(c2ccccc2)c2ccccc2)c(C)c1.O=[PH2+]. The van der Waals surface area contributed by atoms with Crippen molar-refractivity contribution in [3.8, 4) is 0 Å². The first-order valence-corrected chi connectivity index (χ1v) is 10.1. The molecular formula is C22H23O2P2+. The lowest BCUT2D eigenvalue weighted by atomic mass is 10.0. The summed E-state index contributed by atoms with van der Waals surface area (Å²) in [6.07, 6.45) is 0. The van der Waals surface area contributed by atoms with Crippen LogP contribution in [0.2, 0.25) is 0 Å². The van der Waals surface area contributed by atoms with Gasteiger partial charge in [-0.2, -0.15) is 0 Å². The summed E-state index contributed by atoms with van der Waals surface area (Å²) in [5.41, 5.74) is 4.44. The summed E-state index contributed by atoms with van der Waals surface area (Å²) in [5, 5.41) is 2.20. The first-order valence-electron chi connectivity index (χ1n) is 8.34. The van der Waals surface area contributed by atoms with Crippen LogP contribution in [-0.2, 0) is 4.57 Å². The van der Waals surface area contributed by atoms with Gasteiger partial charge in [-0.05, 0) is 42.5 Å². The van der Waals surface area contributed by atoms with Gasteiger partial charge in [0.2, 0.25) is 0 Å². The van der Waals surface area contributed by atoms with Crippen molar-refractivity contribution in [1.29, 1.82) is 0 Å². The number of rotatable bonds is 4. The maximum absolute atomic E-state index is 13.5. The number of benzene rings is 3. The van der Waals surface area contributed by atoms with Crippen molar-refractivity contribution in [3.63, 3.8) is 0 Å². The van der Waals surface area contributed by atoms with E-state index in [2.05, 4.69) is 43.3 Å². The average Bonchev–Trinajstić information content (AvgIpc) is 2.64. The highest BCUT2D eigenvalue weighted by atomic mass is 31.1. The predicted octanol–water partition coefficient (Wildman–Crippen LogP) is 5.09. The predicted molar refractivity (Wildman–Crippen MR) is 114 cm³/mol. The van der Waals surface area contributed by atoms with Crippen LogP contribution in [0.1, 0.15) is 27.0 Å². The Morgan fingerprint density at radius 2 is 1.12 bits per heavy atom. The van der Waals surface area contributed by atoms with E-state index < -0.39 is 7.92 Å². The molecule has 0 saturated carbocycles. The van der Waals surface area contributed by atoms with Gasteiger partial charge in [0.05, 0.1) is 0 Å². The minimum absolute atomic E-state index is 0.234. The van der Waals surface area contributed by atoms with Crippen LogP contribution in [0.5, 0.6) is 0 Å². The highest BCUT2D eigenvalue weighted by molar-refractivity contribution is 7.88. The van der Waals surface area contributed by atoms with Crippen LogP contribution in [0.4, 0.5) is 0 Å². The van der Waals surface area contributed by atoms with Gasteiger partial charge in [0, 0.05) is 13.5 Å². The molecule has 1 unspecified atom stereocenters. The van der Waals surface area contributed by atoms with Crippen LogP contribution in [0.3, 0.4) is 0 Å². The molecule has 0 bridgehead atoms. The van der Waals surface area contributed by atoms with Crippen molar-refractivity contribution in [1.82, 2.24) is 0 Å². The Balaban J connectivity index is 0.00000117. The number of aryl methyl sites for hydroxylation is 3. The molecular weight excluding hydrogens is 358 g/mol. The quantitative estimate of drug-likeness (QED) is 0.590. The summed E-state index contributed by atoms with van der Waals surface area (Å²) in [5.74, 6) is 0. The highest BCUT2D eigenvalue weighted by Gasteiger charge is 2.26. The molecule has 0 fully saturated rings. The smallest absolute Gasteiger partial charge is 0.288 e. The van der Waals surface area contributed by atoms with E-state index in [1.54, 1.807) is 0 Å². The Bertz CT molecular complexity index is 815. The topological polar surface area (TPSA) is 34.1 Å². The van der Waals surface area contributed by atoms with Crippen molar-refractivity contribution < 1.29 is 9.36 Å². The summed E-state index contributed by atoms with van der Waals surface area (Å²) < 4.78 is 8.17. The molecule has 0 aliphatic rings. The molecule has 0 spiro atoms. The largest absolute Gasteiger partial charge is 0.310 e. The maximum Gasteiger partial charge on any atom is 0.310 e. The molecule has 0 amide bonds. The Morgan fingerprint density at radius 3 is 1.50 bits per heavy atom. The zero-order valence-corrected chi connectivity index (χ0v) is 17.3. The molecule has 0 radical (unpaired) electrons. The van der Waals surface area contributed by atoms with Gasteiger partial charge in [-0.3, -0.25) is 4.79 Å².